The number of carbonyl (C=O) groups excluding carboxylic acids is 2. The van der Waals surface area contributed by atoms with Gasteiger partial charge in [0.1, 0.15) is 5.75 Å². The summed E-state index contributed by atoms with van der Waals surface area (Å²) in [6.07, 6.45) is 0.0331. The molecule has 2 aromatic rings. The number of hydrogen-bond acceptors (Lipinski definition) is 7. The molecule has 0 aliphatic rings. The molecule has 0 unspecified atom stereocenters. The van der Waals surface area contributed by atoms with Gasteiger partial charge in [0.2, 0.25) is 5.75 Å². The lowest BCUT2D eigenvalue weighted by Crippen LogP contribution is -2.21. The zero-order valence-corrected chi connectivity index (χ0v) is 16.9. The van der Waals surface area contributed by atoms with Crippen LogP contribution in [0.2, 0.25) is 0 Å². The standard InChI is InChI=1S/C21H25NO7/c1-14-5-7-16(8-6-14)28-10-9-20(24)29-13-19(23)22-15-11-17(25-2)21(27-4)18(12-15)26-3/h5-8,11-12H,9-10,13H2,1-4H3,(H,22,23). The second-order valence-corrected chi connectivity index (χ2v) is 6.03. The zero-order chi connectivity index (χ0) is 21.2. The zero-order valence-electron chi connectivity index (χ0n) is 16.9. The fraction of sp³-hybridized carbons (Fsp3) is 0.333. The molecule has 8 heteroatoms. The summed E-state index contributed by atoms with van der Waals surface area (Å²) in [5, 5.41) is 2.62. The van der Waals surface area contributed by atoms with E-state index in [1.807, 2.05) is 31.2 Å². The number of methoxy groups -OCH3 is 3. The van der Waals surface area contributed by atoms with Crippen LogP contribution >= 0.6 is 0 Å². The van der Waals surface area contributed by atoms with Crippen molar-refractivity contribution in [3.8, 4) is 23.0 Å². The molecule has 2 aromatic carbocycles. The summed E-state index contributed by atoms with van der Waals surface area (Å²) in [4.78, 5) is 23.9. The molecule has 0 aliphatic carbocycles. The third-order valence-electron chi connectivity index (χ3n) is 3.91. The molecule has 0 saturated heterocycles. The van der Waals surface area contributed by atoms with Crippen LogP contribution in [0.1, 0.15) is 12.0 Å². The number of esters is 1. The summed E-state index contributed by atoms with van der Waals surface area (Å²) in [6, 6.07) is 10.6. The van der Waals surface area contributed by atoms with E-state index in [4.69, 9.17) is 23.7 Å². The van der Waals surface area contributed by atoms with Crippen LogP contribution < -0.4 is 24.3 Å². The molecule has 29 heavy (non-hydrogen) atoms. The molecule has 0 fully saturated rings. The van der Waals surface area contributed by atoms with Crippen molar-refractivity contribution in [2.45, 2.75) is 13.3 Å². The quantitative estimate of drug-likeness (QED) is 0.610. The smallest absolute Gasteiger partial charge is 0.309 e. The second kappa shape index (κ2) is 10.8. The topological polar surface area (TPSA) is 92.3 Å². The Bertz CT molecular complexity index is 808. The van der Waals surface area contributed by atoms with Crippen LogP contribution in [0.25, 0.3) is 0 Å². The van der Waals surface area contributed by atoms with Gasteiger partial charge in [-0.1, -0.05) is 17.7 Å². The fourth-order valence-electron chi connectivity index (χ4n) is 2.46. The molecular weight excluding hydrogens is 378 g/mol. The van der Waals surface area contributed by atoms with Gasteiger partial charge in [-0.2, -0.15) is 0 Å². The van der Waals surface area contributed by atoms with Gasteiger partial charge >= 0.3 is 5.97 Å². The van der Waals surface area contributed by atoms with E-state index in [9.17, 15) is 9.59 Å². The van der Waals surface area contributed by atoms with Gasteiger partial charge in [-0.25, -0.2) is 0 Å². The molecule has 0 saturated carbocycles. The molecule has 0 aromatic heterocycles. The normalized spacial score (nSPS) is 10.1. The number of anilines is 1. The maximum absolute atomic E-state index is 12.1. The Kier molecular flexibility index (Phi) is 8.14. The number of amides is 1. The van der Waals surface area contributed by atoms with Crippen molar-refractivity contribution in [3.63, 3.8) is 0 Å². The summed E-state index contributed by atoms with van der Waals surface area (Å²) in [6.45, 7) is 1.72. The first-order valence-electron chi connectivity index (χ1n) is 8.91. The predicted molar refractivity (Wildman–Crippen MR) is 107 cm³/mol. The van der Waals surface area contributed by atoms with Crippen LogP contribution in [-0.2, 0) is 14.3 Å². The minimum Gasteiger partial charge on any atom is -0.493 e. The van der Waals surface area contributed by atoms with Crippen LogP contribution in [0.3, 0.4) is 0 Å². The van der Waals surface area contributed by atoms with Gasteiger partial charge in [-0.3, -0.25) is 9.59 Å². The van der Waals surface area contributed by atoms with Gasteiger partial charge in [0.05, 0.1) is 34.4 Å². The molecule has 0 bridgehead atoms. The van der Waals surface area contributed by atoms with Crippen molar-refractivity contribution in [3.05, 3.63) is 42.0 Å². The highest BCUT2D eigenvalue weighted by molar-refractivity contribution is 5.93. The van der Waals surface area contributed by atoms with E-state index >= 15 is 0 Å². The van der Waals surface area contributed by atoms with Crippen LogP contribution in [0.4, 0.5) is 5.69 Å². The summed E-state index contributed by atoms with van der Waals surface area (Å²) >= 11 is 0. The highest BCUT2D eigenvalue weighted by atomic mass is 16.5. The van der Waals surface area contributed by atoms with Crippen molar-refractivity contribution in [2.24, 2.45) is 0 Å². The SMILES string of the molecule is COc1cc(NC(=O)COC(=O)CCOc2ccc(C)cc2)cc(OC)c1OC. The molecule has 1 amide bonds. The Morgan fingerprint density at radius 2 is 1.55 bits per heavy atom. The molecule has 0 heterocycles. The van der Waals surface area contributed by atoms with Gasteiger partial charge in [-0.05, 0) is 19.1 Å². The summed E-state index contributed by atoms with van der Waals surface area (Å²) in [7, 11) is 4.44. The van der Waals surface area contributed by atoms with Gasteiger partial charge in [0, 0.05) is 17.8 Å². The lowest BCUT2D eigenvalue weighted by Gasteiger charge is -2.14. The minimum absolute atomic E-state index is 0.0331. The second-order valence-electron chi connectivity index (χ2n) is 6.03. The van der Waals surface area contributed by atoms with Gasteiger partial charge < -0.3 is 29.0 Å². The first-order chi connectivity index (χ1) is 14.0. The van der Waals surface area contributed by atoms with E-state index in [1.54, 1.807) is 12.1 Å². The van der Waals surface area contributed by atoms with Crippen LogP contribution in [0, 0.1) is 6.92 Å². The van der Waals surface area contributed by atoms with E-state index in [1.165, 1.54) is 21.3 Å². The molecule has 1 N–H and O–H groups in total. The highest BCUT2D eigenvalue weighted by Crippen LogP contribution is 2.39. The van der Waals surface area contributed by atoms with Crippen molar-refractivity contribution >= 4 is 17.6 Å². The lowest BCUT2D eigenvalue weighted by atomic mass is 10.2. The molecular formula is C21H25NO7. The molecule has 0 atom stereocenters. The third-order valence-corrected chi connectivity index (χ3v) is 3.91. The highest BCUT2D eigenvalue weighted by Gasteiger charge is 2.15. The maximum Gasteiger partial charge on any atom is 0.309 e. The number of nitrogens with one attached hydrogen (secondary N) is 1. The number of ether oxygens (including phenoxy) is 5. The molecule has 0 aliphatic heterocycles. The molecule has 156 valence electrons. The van der Waals surface area contributed by atoms with E-state index in [0.29, 0.717) is 28.7 Å². The van der Waals surface area contributed by atoms with E-state index in [0.717, 1.165) is 5.56 Å². The van der Waals surface area contributed by atoms with Crippen LogP contribution in [0.5, 0.6) is 23.0 Å². The number of carbonyl (C=O) groups is 2. The van der Waals surface area contributed by atoms with E-state index in [-0.39, 0.29) is 13.0 Å². The third kappa shape index (κ3) is 6.60. The largest absolute Gasteiger partial charge is 0.493 e. The Morgan fingerprint density at radius 1 is 0.931 bits per heavy atom. The molecule has 8 nitrogen and oxygen atoms in total. The monoisotopic (exact) mass is 403 g/mol. The first kappa shape index (κ1) is 21.9. The van der Waals surface area contributed by atoms with E-state index in [2.05, 4.69) is 5.32 Å². The Balaban J connectivity index is 1.80. The average Bonchev–Trinajstić information content (AvgIpc) is 2.72. The Hall–Kier alpha value is -3.42. The number of hydrogen-bond donors (Lipinski definition) is 1. The summed E-state index contributed by atoms with van der Waals surface area (Å²) in [5.41, 5.74) is 1.54. The van der Waals surface area contributed by atoms with Crippen LogP contribution in [0.15, 0.2) is 36.4 Å². The van der Waals surface area contributed by atoms with Crippen LogP contribution in [-0.4, -0.2) is 46.4 Å². The van der Waals surface area contributed by atoms with Gasteiger partial charge in [-0.15, -0.1) is 0 Å². The van der Waals surface area contributed by atoms with E-state index < -0.39 is 18.5 Å². The Labute approximate surface area is 169 Å². The van der Waals surface area contributed by atoms with Crippen molar-refractivity contribution in [2.75, 3.05) is 39.9 Å². The van der Waals surface area contributed by atoms with Gasteiger partial charge in [0.15, 0.2) is 18.1 Å². The molecule has 2 rings (SSSR count). The maximum atomic E-state index is 12.1. The predicted octanol–water partition coefficient (Wildman–Crippen LogP) is 2.97. The van der Waals surface area contributed by atoms with Gasteiger partial charge in [0.25, 0.3) is 5.91 Å². The Morgan fingerprint density at radius 3 is 2.10 bits per heavy atom. The van der Waals surface area contributed by atoms with Crippen molar-refractivity contribution in [1.29, 1.82) is 0 Å². The fourth-order valence-corrected chi connectivity index (χ4v) is 2.46. The number of aryl methyl sites for hydroxylation is 1. The summed E-state index contributed by atoms with van der Waals surface area (Å²) < 4.78 is 26.1. The van der Waals surface area contributed by atoms with Crippen molar-refractivity contribution in [1.82, 2.24) is 0 Å². The molecule has 0 spiro atoms. The minimum atomic E-state index is -0.530. The first-order valence-corrected chi connectivity index (χ1v) is 8.91. The summed E-state index contributed by atoms with van der Waals surface area (Å²) in [5.74, 6) is 0.848. The van der Waals surface area contributed by atoms with Crippen molar-refractivity contribution < 1.29 is 33.3 Å². The number of rotatable bonds is 10. The number of benzene rings is 2. The molecule has 0 radical (unpaired) electrons. The lowest BCUT2D eigenvalue weighted by molar-refractivity contribution is -0.147. The average molecular weight is 403 g/mol.